The van der Waals surface area contributed by atoms with Gasteiger partial charge in [-0.1, -0.05) is 37.3 Å². The highest BCUT2D eigenvalue weighted by Crippen LogP contribution is 2.23. The van der Waals surface area contributed by atoms with Crippen molar-refractivity contribution < 1.29 is 51.5 Å². The van der Waals surface area contributed by atoms with Gasteiger partial charge in [-0.2, -0.15) is 13.2 Å². The second-order valence-electron chi connectivity index (χ2n) is 10.8. The number of halogens is 3. The third-order valence-corrected chi connectivity index (χ3v) is 7.09. The molecule has 0 bridgehead atoms. The van der Waals surface area contributed by atoms with Gasteiger partial charge in [0.2, 0.25) is 29.4 Å². The van der Waals surface area contributed by atoms with E-state index >= 15 is 0 Å². The molecule has 0 saturated carbocycles. The number of hydrogen-bond donors (Lipinski definition) is 4. The number of alkyl halides is 3. The van der Waals surface area contributed by atoms with Crippen LogP contribution in [0.3, 0.4) is 0 Å². The van der Waals surface area contributed by atoms with Crippen LogP contribution >= 0.6 is 0 Å². The van der Waals surface area contributed by atoms with Crippen LogP contribution in [0, 0.1) is 0 Å². The molecule has 4 N–H and O–H groups in total. The molecule has 254 valence electrons. The fraction of sp³-hybridized carbons (Fsp3) is 0.552. The van der Waals surface area contributed by atoms with Crippen LogP contribution in [0.15, 0.2) is 30.3 Å². The second-order valence-corrected chi connectivity index (χ2v) is 10.8. The van der Waals surface area contributed by atoms with Crippen molar-refractivity contribution >= 4 is 41.4 Å². The molecule has 1 saturated heterocycles. The van der Waals surface area contributed by atoms with Crippen molar-refractivity contribution in [2.24, 2.45) is 0 Å². The van der Waals surface area contributed by atoms with E-state index in [0.717, 1.165) is 4.90 Å². The molecular weight excluding hydrogens is 617 g/mol. The Morgan fingerprint density at radius 3 is 2.20 bits per heavy atom. The Hall–Kier alpha value is -4.70. The van der Waals surface area contributed by atoms with Gasteiger partial charge in [0, 0.05) is 20.6 Å². The zero-order valence-electron chi connectivity index (χ0n) is 26.1. The predicted octanol–water partition coefficient (Wildman–Crippen LogP) is 0.569. The van der Waals surface area contributed by atoms with Crippen LogP contribution in [0.1, 0.15) is 51.6 Å². The Kier molecular flexibility index (Phi) is 13.5. The lowest BCUT2D eigenvalue weighted by atomic mass is 10.1. The molecule has 1 heterocycles. The monoisotopic (exact) mass is 656 g/mol. The van der Waals surface area contributed by atoms with Crippen LogP contribution in [0.4, 0.5) is 18.0 Å². The van der Waals surface area contributed by atoms with Gasteiger partial charge in [0.15, 0.2) is 6.10 Å². The quantitative estimate of drug-likeness (QED) is 0.222. The highest BCUT2D eigenvalue weighted by atomic mass is 19.4. The summed E-state index contributed by atoms with van der Waals surface area (Å²) >= 11 is 0. The molecule has 0 aromatic heterocycles. The molecule has 1 aromatic carbocycles. The number of carbonyl (C=O) groups is 7. The Morgan fingerprint density at radius 2 is 1.63 bits per heavy atom. The molecular formula is C29H39F3N6O8. The number of alkyl carbamates (subject to hydrolysis) is 1. The van der Waals surface area contributed by atoms with E-state index < -0.39 is 84.4 Å². The van der Waals surface area contributed by atoms with Gasteiger partial charge in [-0.05, 0) is 38.7 Å². The van der Waals surface area contributed by atoms with E-state index in [1.165, 1.54) is 32.8 Å². The van der Waals surface area contributed by atoms with E-state index in [1.54, 1.807) is 30.3 Å². The first-order valence-electron chi connectivity index (χ1n) is 14.5. The third kappa shape index (κ3) is 10.4. The summed E-state index contributed by atoms with van der Waals surface area (Å²) in [6, 6.07) is 3.63. The summed E-state index contributed by atoms with van der Waals surface area (Å²) in [6.45, 7) is 2.83. The van der Waals surface area contributed by atoms with Gasteiger partial charge in [0.1, 0.15) is 18.1 Å². The highest BCUT2D eigenvalue weighted by Gasteiger charge is 2.41. The molecule has 46 heavy (non-hydrogen) atoms. The smallest absolute Gasteiger partial charge is 0.425 e. The summed E-state index contributed by atoms with van der Waals surface area (Å²) in [5, 5.41) is 9.13. The fourth-order valence-electron chi connectivity index (χ4n) is 4.47. The number of Topliss-reactive ketones (excluding diaryl/α,β-unsaturated/α-hetero) is 1. The minimum Gasteiger partial charge on any atom is -0.437 e. The molecule has 1 aromatic rings. The Balaban J connectivity index is 1.94. The molecule has 0 radical (unpaired) electrons. The number of hydrogen-bond acceptors (Lipinski definition) is 8. The molecule has 4 unspecified atom stereocenters. The largest absolute Gasteiger partial charge is 0.437 e. The van der Waals surface area contributed by atoms with E-state index in [9.17, 15) is 46.7 Å². The summed E-state index contributed by atoms with van der Waals surface area (Å²) in [7, 11) is 3.03. The maximum Gasteiger partial charge on any atom is 0.425 e. The van der Waals surface area contributed by atoms with Crippen molar-refractivity contribution in [2.45, 2.75) is 76.5 Å². The maximum absolute atomic E-state index is 13.1. The lowest BCUT2D eigenvalue weighted by molar-refractivity contribution is -0.197. The number of amides is 6. The van der Waals surface area contributed by atoms with E-state index in [0.29, 0.717) is 18.9 Å². The number of nitrogens with one attached hydrogen (secondary N) is 4. The van der Waals surface area contributed by atoms with Crippen LogP contribution in [0.25, 0.3) is 0 Å². The Labute approximate surface area is 263 Å². The van der Waals surface area contributed by atoms with E-state index in [-0.39, 0.29) is 19.4 Å². The van der Waals surface area contributed by atoms with Crippen LogP contribution in [0.2, 0.25) is 0 Å². The molecule has 0 aliphatic carbocycles. The first kappa shape index (κ1) is 37.5. The van der Waals surface area contributed by atoms with E-state index in [1.807, 2.05) is 0 Å². The van der Waals surface area contributed by atoms with Gasteiger partial charge in [0.25, 0.3) is 5.91 Å². The first-order chi connectivity index (χ1) is 21.5. The summed E-state index contributed by atoms with van der Waals surface area (Å²) in [5.74, 6) is -4.95. The van der Waals surface area contributed by atoms with Crippen LogP contribution < -0.4 is 21.3 Å². The number of likely N-dealkylation sites (N-methyl/N-ethyl adjacent to an activating group) is 1. The first-order valence-corrected chi connectivity index (χ1v) is 14.5. The summed E-state index contributed by atoms with van der Waals surface area (Å²) < 4.78 is 42.4. The van der Waals surface area contributed by atoms with Gasteiger partial charge in [-0.3, -0.25) is 28.8 Å². The van der Waals surface area contributed by atoms with Crippen molar-refractivity contribution in [3.63, 3.8) is 0 Å². The van der Waals surface area contributed by atoms with Gasteiger partial charge in [-0.25, -0.2) is 4.79 Å². The average molecular weight is 657 g/mol. The Morgan fingerprint density at radius 1 is 1.00 bits per heavy atom. The molecule has 1 fully saturated rings. The molecule has 14 nitrogen and oxygen atoms in total. The minimum absolute atomic E-state index is 0.0167. The number of ether oxygens (including phenoxy) is 1. The van der Waals surface area contributed by atoms with E-state index in [2.05, 4.69) is 26.0 Å². The van der Waals surface area contributed by atoms with Crippen LogP contribution in [0.5, 0.6) is 0 Å². The lowest BCUT2D eigenvalue weighted by Crippen LogP contribution is -2.56. The van der Waals surface area contributed by atoms with Crippen molar-refractivity contribution in [2.75, 3.05) is 27.2 Å². The van der Waals surface area contributed by atoms with Crippen molar-refractivity contribution in [3.05, 3.63) is 35.9 Å². The topological polar surface area (TPSA) is 183 Å². The zero-order chi connectivity index (χ0) is 34.8. The molecule has 6 amide bonds. The highest BCUT2D eigenvalue weighted by molar-refractivity contribution is 6.38. The lowest BCUT2D eigenvalue weighted by Gasteiger charge is -2.29. The average Bonchev–Trinajstić information content (AvgIpc) is 3.50. The summed E-state index contributed by atoms with van der Waals surface area (Å²) in [4.78, 5) is 90.8. The normalized spacial score (nSPS) is 17.0. The number of likely N-dealkylation sites (tertiary alicyclic amines) is 1. The zero-order valence-corrected chi connectivity index (χ0v) is 26.1. The van der Waals surface area contributed by atoms with Crippen molar-refractivity contribution in [1.29, 1.82) is 0 Å². The number of rotatable bonds is 13. The van der Waals surface area contributed by atoms with Gasteiger partial charge < -0.3 is 35.8 Å². The fourth-order valence-corrected chi connectivity index (χ4v) is 4.47. The second kappa shape index (κ2) is 16.6. The predicted molar refractivity (Wildman–Crippen MR) is 156 cm³/mol. The number of ketones is 1. The molecule has 17 heteroatoms. The van der Waals surface area contributed by atoms with Crippen LogP contribution in [-0.4, -0.2) is 109 Å². The Bertz CT molecular complexity index is 1290. The summed E-state index contributed by atoms with van der Waals surface area (Å²) in [5.41, 5.74) is 0.504. The summed E-state index contributed by atoms with van der Waals surface area (Å²) in [6.07, 6.45) is -8.11. The van der Waals surface area contributed by atoms with Gasteiger partial charge >= 0.3 is 12.3 Å². The third-order valence-electron chi connectivity index (χ3n) is 7.09. The molecule has 0 spiro atoms. The molecule has 1 aliphatic rings. The minimum atomic E-state index is -4.80. The molecule has 5 atom stereocenters. The molecule has 2 rings (SSSR count). The van der Waals surface area contributed by atoms with E-state index in [4.69, 9.17) is 0 Å². The standard InChI is InChI=1S/C29H39F3N6O8/c1-6-19(35-28(45)46-17(3)29(30,31)32)26(43)38-14-10-13-20(38)24(41)34-16(2)23(40)25(42)33-15-21(39)36-22(27(44)37(4)5)18-11-8-7-9-12-18/h7-9,11-12,16-17,19-20,22H,6,10,13-15H2,1-5H3,(H,33,42)(H,34,41)(H,35,45)(H,36,39)/t16?,17?,19?,20-,22?/m0/s1. The van der Waals surface area contributed by atoms with Gasteiger partial charge in [-0.15, -0.1) is 0 Å². The number of carbonyl (C=O) groups excluding carboxylic acids is 7. The maximum atomic E-state index is 13.1. The number of benzene rings is 1. The number of nitrogens with zero attached hydrogens (tertiary/aromatic N) is 2. The van der Waals surface area contributed by atoms with Gasteiger partial charge in [0.05, 0.1) is 12.6 Å². The van der Waals surface area contributed by atoms with Crippen molar-refractivity contribution in [1.82, 2.24) is 31.1 Å². The molecule has 1 aliphatic heterocycles. The van der Waals surface area contributed by atoms with Crippen molar-refractivity contribution in [3.8, 4) is 0 Å². The van der Waals surface area contributed by atoms with Crippen LogP contribution in [-0.2, 0) is 33.5 Å². The SMILES string of the molecule is CCC(NC(=O)OC(C)C(F)(F)F)C(=O)N1CCC[C@H]1C(=O)NC(C)C(=O)C(=O)NCC(=O)NC(C(=O)N(C)C)c1ccccc1.